The van der Waals surface area contributed by atoms with Crippen LogP contribution in [0, 0.1) is 16.7 Å². The first-order chi connectivity index (χ1) is 6.27. The molecule has 0 saturated heterocycles. The van der Waals surface area contributed by atoms with Gasteiger partial charge in [0, 0.05) is 17.8 Å². The number of pyridine rings is 1. The van der Waals surface area contributed by atoms with Gasteiger partial charge in [0.1, 0.15) is 0 Å². The molecule has 66 valence electrons. The normalized spacial score (nSPS) is 8.92. The summed E-state index contributed by atoms with van der Waals surface area (Å²) in [5.74, 6) is 0.508. The summed E-state index contributed by atoms with van der Waals surface area (Å²) < 4.78 is 4.86. The first kappa shape index (κ1) is 9.20. The van der Waals surface area contributed by atoms with Gasteiger partial charge in [-0.05, 0) is 6.07 Å². The number of rotatable bonds is 3. The maximum Gasteiger partial charge on any atom is 0.212 e. The van der Waals surface area contributed by atoms with Crippen molar-refractivity contribution in [1.29, 1.82) is 10.7 Å². The highest BCUT2D eigenvalue weighted by Crippen LogP contribution is 2.07. The molecule has 4 nitrogen and oxygen atoms in total. The monoisotopic (exact) mass is 175 g/mol. The molecule has 13 heavy (non-hydrogen) atoms. The van der Waals surface area contributed by atoms with Gasteiger partial charge in [-0.2, -0.15) is 5.26 Å². The van der Waals surface area contributed by atoms with Gasteiger partial charge >= 0.3 is 0 Å². The quantitative estimate of drug-likeness (QED) is 0.705. The van der Waals surface area contributed by atoms with Crippen molar-refractivity contribution in [3.63, 3.8) is 0 Å². The smallest absolute Gasteiger partial charge is 0.212 e. The van der Waals surface area contributed by atoms with E-state index in [-0.39, 0.29) is 12.1 Å². The Morgan fingerprint density at radius 2 is 2.46 bits per heavy atom. The zero-order valence-corrected chi connectivity index (χ0v) is 7.24. The number of aromatic nitrogens is 1. The van der Waals surface area contributed by atoms with Crippen molar-refractivity contribution in [3.05, 3.63) is 23.9 Å². The van der Waals surface area contributed by atoms with E-state index < -0.39 is 0 Å². The predicted molar refractivity (Wildman–Crippen MR) is 47.8 cm³/mol. The average molecular weight is 175 g/mol. The molecular weight excluding hydrogens is 166 g/mol. The molecule has 1 aromatic heterocycles. The summed E-state index contributed by atoms with van der Waals surface area (Å²) in [5, 5.41) is 15.8. The molecule has 0 aliphatic heterocycles. The van der Waals surface area contributed by atoms with Gasteiger partial charge in [0.15, 0.2) is 0 Å². The SMILES string of the molecule is COc1ccc(C(=N)CC#N)cn1. The Balaban J connectivity index is 2.81. The van der Waals surface area contributed by atoms with Crippen LogP contribution in [0.5, 0.6) is 5.88 Å². The van der Waals surface area contributed by atoms with Crippen molar-refractivity contribution in [2.24, 2.45) is 0 Å². The Morgan fingerprint density at radius 1 is 1.69 bits per heavy atom. The molecule has 0 atom stereocenters. The zero-order valence-electron chi connectivity index (χ0n) is 7.24. The topological polar surface area (TPSA) is 69.8 Å². The Hall–Kier alpha value is -1.89. The van der Waals surface area contributed by atoms with Gasteiger partial charge in [0.05, 0.1) is 25.3 Å². The molecule has 0 aliphatic carbocycles. The van der Waals surface area contributed by atoms with Crippen molar-refractivity contribution < 1.29 is 4.74 Å². The molecule has 1 rings (SSSR count). The van der Waals surface area contributed by atoms with Crippen LogP contribution in [-0.4, -0.2) is 17.8 Å². The minimum atomic E-state index is 0.105. The summed E-state index contributed by atoms with van der Waals surface area (Å²) in [6.45, 7) is 0. The third kappa shape index (κ3) is 2.27. The molecule has 0 aromatic carbocycles. The van der Waals surface area contributed by atoms with Crippen LogP contribution in [0.2, 0.25) is 0 Å². The number of hydrogen-bond donors (Lipinski definition) is 1. The highest BCUT2D eigenvalue weighted by Gasteiger charge is 2.01. The molecule has 0 radical (unpaired) electrons. The number of nitriles is 1. The zero-order chi connectivity index (χ0) is 9.68. The van der Waals surface area contributed by atoms with E-state index >= 15 is 0 Å². The molecule has 4 heteroatoms. The lowest BCUT2D eigenvalue weighted by Crippen LogP contribution is -1.98. The fourth-order valence-corrected chi connectivity index (χ4v) is 0.861. The third-order valence-corrected chi connectivity index (χ3v) is 1.55. The van der Waals surface area contributed by atoms with Crippen molar-refractivity contribution in [2.45, 2.75) is 6.42 Å². The van der Waals surface area contributed by atoms with Crippen LogP contribution in [0.1, 0.15) is 12.0 Å². The standard InChI is InChI=1S/C9H9N3O/c1-13-9-3-2-7(6-12-9)8(11)4-5-10/h2-3,6,11H,4H2,1H3. The number of nitrogens with one attached hydrogen (secondary N) is 1. The minimum absolute atomic E-state index is 0.105. The molecule has 0 spiro atoms. The van der Waals surface area contributed by atoms with Crippen LogP contribution in [-0.2, 0) is 0 Å². The molecule has 0 amide bonds. The summed E-state index contributed by atoms with van der Waals surface area (Å²) in [5.41, 5.74) is 0.931. The summed E-state index contributed by atoms with van der Waals surface area (Å²) in [6.07, 6.45) is 1.63. The van der Waals surface area contributed by atoms with Crippen LogP contribution >= 0.6 is 0 Å². The first-order valence-corrected chi connectivity index (χ1v) is 3.72. The number of nitrogens with zero attached hydrogens (tertiary/aromatic N) is 2. The van der Waals surface area contributed by atoms with Crippen LogP contribution in [0.4, 0.5) is 0 Å². The van der Waals surface area contributed by atoms with Crippen LogP contribution in [0.3, 0.4) is 0 Å². The molecule has 1 aromatic rings. The summed E-state index contributed by atoms with van der Waals surface area (Å²) in [7, 11) is 1.53. The second-order valence-corrected chi connectivity index (χ2v) is 2.40. The maximum atomic E-state index is 8.36. The van der Waals surface area contributed by atoms with Crippen molar-refractivity contribution >= 4 is 5.71 Å². The van der Waals surface area contributed by atoms with Crippen LogP contribution in [0.15, 0.2) is 18.3 Å². The Kier molecular flexibility index (Phi) is 2.98. The lowest BCUT2D eigenvalue weighted by Gasteiger charge is -2.00. The molecular formula is C9H9N3O. The van der Waals surface area contributed by atoms with Gasteiger partial charge in [-0.15, -0.1) is 0 Å². The van der Waals surface area contributed by atoms with E-state index in [1.165, 1.54) is 13.3 Å². The number of hydrogen-bond acceptors (Lipinski definition) is 4. The highest BCUT2D eigenvalue weighted by atomic mass is 16.5. The minimum Gasteiger partial charge on any atom is -0.481 e. The lowest BCUT2D eigenvalue weighted by molar-refractivity contribution is 0.398. The van der Waals surface area contributed by atoms with E-state index in [9.17, 15) is 0 Å². The van der Waals surface area contributed by atoms with Gasteiger partial charge in [-0.1, -0.05) is 0 Å². The highest BCUT2D eigenvalue weighted by molar-refractivity contribution is 5.99. The van der Waals surface area contributed by atoms with E-state index in [4.69, 9.17) is 15.4 Å². The maximum absolute atomic E-state index is 8.36. The number of ether oxygens (including phenoxy) is 1. The van der Waals surface area contributed by atoms with Crippen molar-refractivity contribution in [3.8, 4) is 11.9 Å². The van der Waals surface area contributed by atoms with Crippen LogP contribution in [0.25, 0.3) is 0 Å². The first-order valence-electron chi connectivity index (χ1n) is 3.72. The second kappa shape index (κ2) is 4.21. The average Bonchev–Trinajstić information content (AvgIpc) is 2.18. The summed E-state index contributed by atoms with van der Waals surface area (Å²) in [6, 6.07) is 5.29. The van der Waals surface area contributed by atoms with E-state index in [2.05, 4.69) is 4.98 Å². The number of methoxy groups -OCH3 is 1. The largest absolute Gasteiger partial charge is 0.481 e. The Labute approximate surface area is 76.3 Å². The molecule has 0 fully saturated rings. The molecule has 0 aliphatic rings. The summed E-state index contributed by atoms with van der Waals surface area (Å²) in [4.78, 5) is 3.93. The second-order valence-electron chi connectivity index (χ2n) is 2.40. The molecule has 1 heterocycles. The Bertz CT molecular complexity index is 337. The fourth-order valence-electron chi connectivity index (χ4n) is 0.861. The molecule has 0 unspecified atom stereocenters. The van der Waals surface area contributed by atoms with Crippen molar-refractivity contribution in [2.75, 3.05) is 7.11 Å². The van der Waals surface area contributed by atoms with Gasteiger partial charge in [0.2, 0.25) is 5.88 Å². The van der Waals surface area contributed by atoms with Crippen molar-refractivity contribution in [1.82, 2.24) is 4.98 Å². The van der Waals surface area contributed by atoms with Gasteiger partial charge < -0.3 is 10.1 Å². The van der Waals surface area contributed by atoms with E-state index in [1.807, 2.05) is 6.07 Å². The van der Waals surface area contributed by atoms with E-state index in [1.54, 1.807) is 12.1 Å². The molecule has 0 saturated carbocycles. The fraction of sp³-hybridized carbons (Fsp3) is 0.222. The van der Waals surface area contributed by atoms with Crippen LogP contribution < -0.4 is 4.74 Å². The molecule has 0 bridgehead atoms. The molecule has 1 N–H and O–H groups in total. The Morgan fingerprint density at radius 3 is 2.92 bits per heavy atom. The van der Waals surface area contributed by atoms with E-state index in [0.29, 0.717) is 11.4 Å². The van der Waals surface area contributed by atoms with E-state index in [0.717, 1.165) is 0 Å². The van der Waals surface area contributed by atoms with Gasteiger partial charge in [0.25, 0.3) is 0 Å². The van der Waals surface area contributed by atoms with Gasteiger partial charge in [-0.25, -0.2) is 4.98 Å². The summed E-state index contributed by atoms with van der Waals surface area (Å²) >= 11 is 0. The third-order valence-electron chi connectivity index (χ3n) is 1.55. The lowest BCUT2D eigenvalue weighted by atomic mass is 10.1. The van der Waals surface area contributed by atoms with Gasteiger partial charge in [-0.3, -0.25) is 0 Å². The predicted octanol–water partition coefficient (Wildman–Crippen LogP) is 1.37.